The molecule has 0 atom stereocenters. The van der Waals surface area contributed by atoms with Gasteiger partial charge in [0.05, 0.1) is 0 Å². The van der Waals surface area contributed by atoms with Gasteiger partial charge < -0.3 is 20.1 Å². The summed E-state index contributed by atoms with van der Waals surface area (Å²) in [6.07, 6.45) is 1.96. The lowest BCUT2D eigenvalue weighted by atomic mass is 10.4. The van der Waals surface area contributed by atoms with Gasteiger partial charge in [0.25, 0.3) is 0 Å². The van der Waals surface area contributed by atoms with E-state index in [2.05, 4.69) is 10.6 Å². The molecule has 0 aliphatic carbocycles. The van der Waals surface area contributed by atoms with Crippen molar-refractivity contribution < 1.29 is 9.47 Å². The van der Waals surface area contributed by atoms with Crippen LogP contribution in [-0.4, -0.2) is 44.6 Å². The molecule has 0 amide bonds. The Balaban J connectivity index is 3.12. The smallest absolute Gasteiger partial charge is 0.166 e. The Bertz CT molecular complexity index is 152. The summed E-state index contributed by atoms with van der Waals surface area (Å²) >= 11 is 5.11. The number of rotatable bonds is 10. The van der Waals surface area contributed by atoms with Crippen LogP contribution in [0.5, 0.6) is 0 Å². The molecule has 2 N–H and O–H groups in total. The van der Waals surface area contributed by atoms with Gasteiger partial charge in [-0.15, -0.1) is 0 Å². The molecule has 0 radical (unpaired) electrons. The van der Waals surface area contributed by atoms with Gasteiger partial charge in [-0.1, -0.05) is 0 Å². The van der Waals surface area contributed by atoms with Crippen molar-refractivity contribution in [2.45, 2.75) is 26.7 Å². The first-order valence-corrected chi connectivity index (χ1v) is 6.39. The Morgan fingerprint density at radius 2 is 1.38 bits per heavy atom. The van der Waals surface area contributed by atoms with E-state index in [4.69, 9.17) is 21.7 Å². The average Bonchev–Trinajstić information content (AvgIpc) is 2.28. The summed E-state index contributed by atoms with van der Waals surface area (Å²) in [5.41, 5.74) is 0. The van der Waals surface area contributed by atoms with Crippen LogP contribution in [-0.2, 0) is 9.47 Å². The van der Waals surface area contributed by atoms with Crippen LogP contribution in [0, 0.1) is 0 Å². The fraction of sp³-hybridized carbons (Fsp3) is 0.909. The largest absolute Gasteiger partial charge is 0.382 e. The molecule has 0 aromatic carbocycles. The van der Waals surface area contributed by atoms with Gasteiger partial charge in [0.1, 0.15) is 0 Å². The van der Waals surface area contributed by atoms with E-state index in [-0.39, 0.29) is 0 Å². The fourth-order valence-electron chi connectivity index (χ4n) is 1.10. The average molecular weight is 248 g/mol. The van der Waals surface area contributed by atoms with E-state index in [1.807, 2.05) is 13.8 Å². The van der Waals surface area contributed by atoms with Crippen LogP contribution < -0.4 is 10.6 Å². The van der Waals surface area contributed by atoms with Crippen LogP contribution >= 0.6 is 12.2 Å². The van der Waals surface area contributed by atoms with E-state index in [1.165, 1.54) is 0 Å². The van der Waals surface area contributed by atoms with Crippen molar-refractivity contribution in [3.05, 3.63) is 0 Å². The minimum Gasteiger partial charge on any atom is -0.382 e. The van der Waals surface area contributed by atoms with Crippen molar-refractivity contribution >= 4 is 17.3 Å². The predicted octanol–water partition coefficient (Wildman–Crippen LogP) is 1.30. The monoisotopic (exact) mass is 248 g/mol. The highest BCUT2D eigenvalue weighted by Gasteiger charge is 1.94. The van der Waals surface area contributed by atoms with E-state index in [1.54, 1.807) is 0 Å². The maximum atomic E-state index is 5.22. The Morgan fingerprint density at radius 3 is 1.75 bits per heavy atom. The van der Waals surface area contributed by atoms with Crippen LogP contribution in [0.15, 0.2) is 0 Å². The third-order valence-electron chi connectivity index (χ3n) is 1.91. The molecule has 0 bridgehead atoms. The number of ether oxygens (including phenoxy) is 2. The van der Waals surface area contributed by atoms with Crippen molar-refractivity contribution in [3.8, 4) is 0 Å². The molecule has 0 saturated carbocycles. The molecule has 0 saturated heterocycles. The Hall–Kier alpha value is -0.390. The first-order chi connectivity index (χ1) is 7.81. The first kappa shape index (κ1) is 15.6. The van der Waals surface area contributed by atoms with Gasteiger partial charge in [-0.25, -0.2) is 0 Å². The minimum atomic E-state index is 0.716. The van der Waals surface area contributed by atoms with E-state index >= 15 is 0 Å². The third-order valence-corrected chi connectivity index (χ3v) is 2.20. The molecule has 0 fully saturated rings. The zero-order chi connectivity index (χ0) is 12.1. The lowest BCUT2D eigenvalue weighted by molar-refractivity contribution is 0.145. The highest BCUT2D eigenvalue weighted by atomic mass is 32.1. The molecule has 0 rings (SSSR count). The molecule has 5 heteroatoms. The molecular formula is C11H24N2O2S. The van der Waals surface area contributed by atoms with E-state index in [0.717, 1.165) is 52.4 Å². The van der Waals surface area contributed by atoms with E-state index < -0.39 is 0 Å². The summed E-state index contributed by atoms with van der Waals surface area (Å²) < 4.78 is 10.4. The first-order valence-electron chi connectivity index (χ1n) is 5.98. The molecule has 0 spiro atoms. The zero-order valence-corrected chi connectivity index (χ0v) is 11.2. The topological polar surface area (TPSA) is 42.5 Å². The fourth-order valence-corrected chi connectivity index (χ4v) is 1.31. The number of thiocarbonyl (C=S) groups is 1. The molecule has 0 unspecified atom stereocenters. The zero-order valence-electron chi connectivity index (χ0n) is 10.4. The van der Waals surface area contributed by atoms with Gasteiger partial charge >= 0.3 is 0 Å². The summed E-state index contributed by atoms with van der Waals surface area (Å²) in [4.78, 5) is 0. The van der Waals surface area contributed by atoms with Gasteiger partial charge in [0.2, 0.25) is 0 Å². The molecule has 0 heterocycles. The molecule has 0 aromatic heterocycles. The summed E-state index contributed by atoms with van der Waals surface area (Å²) in [7, 11) is 0. The van der Waals surface area contributed by atoms with Crippen molar-refractivity contribution in [3.63, 3.8) is 0 Å². The molecule has 16 heavy (non-hydrogen) atoms. The number of hydrogen-bond acceptors (Lipinski definition) is 3. The molecular weight excluding hydrogens is 224 g/mol. The summed E-state index contributed by atoms with van der Waals surface area (Å²) in [6, 6.07) is 0. The minimum absolute atomic E-state index is 0.716. The van der Waals surface area contributed by atoms with E-state index in [9.17, 15) is 0 Å². The summed E-state index contributed by atoms with van der Waals surface area (Å²) in [5, 5.41) is 6.98. The third kappa shape index (κ3) is 11.7. The normalized spacial score (nSPS) is 10.1. The Kier molecular flexibility index (Phi) is 12.4. The van der Waals surface area contributed by atoms with Crippen LogP contribution in [0.1, 0.15) is 26.7 Å². The molecule has 0 aromatic rings. The predicted molar refractivity (Wildman–Crippen MR) is 70.8 cm³/mol. The quantitative estimate of drug-likeness (QED) is 0.451. The van der Waals surface area contributed by atoms with Crippen LogP contribution in [0.2, 0.25) is 0 Å². The van der Waals surface area contributed by atoms with Gasteiger partial charge in [0.15, 0.2) is 5.11 Å². The van der Waals surface area contributed by atoms with Crippen molar-refractivity contribution in [2.24, 2.45) is 0 Å². The molecule has 0 aliphatic rings. The second-order valence-electron chi connectivity index (χ2n) is 3.28. The van der Waals surface area contributed by atoms with Crippen molar-refractivity contribution in [1.82, 2.24) is 10.6 Å². The summed E-state index contributed by atoms with van der Waals surface area (Å²) in [5.74, 6) is 0. The van der Waals surface area contributed by atoms with Gasteiger partial charge in [-0.3, -0.25) is 0 Å². The van der Waals surface area contributed by atoms with Crippen molar-refractivity contribution in [1.29, 1.82) is 0 Å². The SMILES string of the molecule is CCOCCCNC(=S)NCCCOCC. The highest BCUT2D eigenvalue weighted by molar-refractivity contribution is 7.80. The van der Waals surface area contributed by atoms with Gasteiger partial charge in [-0.05, 0) is 38.9 Å². The highest BCUT2D eigenvalue weighted by Crippen LogP contribution is 1.82. The maximum absolute atomic E-state index is 5.22. The lowest BCUT2D eigenvalue weighted by Crippen LogP contribution is -2.36. The Morgan fingerprint density at radius 1 is 0.938 bits per heavy atom. The lowest BCUT2D eigenvalue weighted by Gasteiger charge is -2.10. The maximum Gasteiger partial charge on any atom is 0.166 e. The molecule has 96 valence electrons. The standard InChI is InChI=1S/C11H24N2O2S/c1-3-14-9-5-7-12-11(16)13-8-6-10-15-4-2/h3-10H2,1-2H3,(H2,12,13,16). The van der Waals surface area contributed by atoms with Crippen LogP contribution in [0.25, 0.3) is 0 Å². The summed E-state index contributed by atoms with van der Waals surface area (Å²) in [6.45, 7) is 8.84. The second-order valence-corrected chi connectivity index (χ2v) is 3.69. The number of nitrogens with one attached hydrogen (secondary N) is 2. The van der Waals surface area contributed by atoms with Crippen LogP contribution in [0.3, 0.4) is 0 Å². The molecule has 0 aliphatic heterocycles. The second kappa shape index (κ2) is 12.7. The molecule has 4 nitrogen and oxygen atoms in total. The van der Waals surface area contributed by atoms with Gasteiger partial charge in [0, 0.05) is 39.5 Å². The van der Waals surface area contributed by atoms with Crippen LogP contribution in [0.4, 0.5) is 0 Å². The van der Waals surface area contributed by atoms with Gasteiger partial charge in [-0.2, -0.15) is 0 Å². The number of hydrogen-bond donors (Lipinski definition) is 2. The van der Waals surface area contributed by atoms with Crippen molar-refractivity contribution in [2.75, 3.05) is 39.5 Å². The Labute approximate surface area is 104 Å². The van der Waals surface area contributed by atoms with E-state index in [0.29, 0.717) is 5.11 Å².